The first-order chi connectivity index (χ1) is 8.61. The van der Waals surface area contributed by atoms with Crippen LogP contribution in [0.3, 0.4) is 0 Å². The molecule has 102 valence electrons. The van der Waals surface area contributed by atoms with E-state index in [0.717, 1.165) is 30.2 Å². The monoisotopic (exact) mass is 252 g/mol. The second-order valence-electron chi connectivity index (χ2n) is 4.30. The zero-order chi connectivity index (χ0) is 13.5. The predicted molar refractivity (Wildman–Crippen MR) is 75.4 cm³/mol. The first kappa shape index (κ1) is 14.8. The SMILES string of the molecule is CCOCCN(C)c1cccc(OC)c1[C@@H](C)N. The Hall–Kier alpha value is -1.26. The van der Waals surface area contributed by atoms with Crippen LogP contribution >= 0.6 is 0 Å². The van der Waals surface area contributed by atoms with Gasteiger partial charge in [-0.15, -0.1) is 0 Å². The van der Waals surface area contributed by atoms with Gasteiger partial charge in [-0.1, -0.05) is 6.07 Å². The molecule has 1 atom stereocenters. The third-order valence-corrected chi connectivity index (χ3v) is 2.90. The van der Waals surface area contributed by atoms with E-state index in [1.54, 1.807) is 7.11 Å². The third-order valence-electron chi connectivity index (χ3n) is 2.90. The van der Waals surface area contributed by atoms with Crippen LogP contribution in [0.2, 0.25) is 0 Å². The number of nitrogens with zero attached hydrogens (tertiary/aromatic N) is 1. The number of ether oxygens (including phenoxy) is 2. The van der Waals surface area contributed by atoms with E-state index in [2.05, 4.69) is 11.0 Å². The molecule has 0 spiro atoms. The van der Waals surface area contributed by atoms with Crippen LogP contribution in [0.5, 0.6) is 5.75 Å². The average molecular weight is 252 g/mol. The Balaban J connectivity index is 2.92. The third kappa shape index (κ3) is 3.62. The van der Waals surface area contributed by atoms with Crippen LogP contribution < -0.4 is 15.4 Å². The molecule has 0 unspecified atom stereocenters. The Morgan fingerprint density at radius 2 is 2.11 bits per heavy atom. The maximum Gasteiger partial charge on any atom is 0.125 e. The van der Waals surface area contributed by atoms with Crippen molar-refractivity contribution in [1.29, 1.82) is 0 Å². The summed E-state index contributed by atoms with van der Waals surface area (Å²) >= 11 is 0. The molecule has 1 aromatic carbocycles. The molecule has 4 heteroatoms. The Morgan fingerprint density at radius 1 is 1.39 bits per heavy atom. The number of hydrogen-bond acceptors (Lipinski definition) is 4. The van der Waals surface area contributed by atoms with Crippen LogP contribution in [0.1, 0.15) is 25.5 Å². The molecule has 0 bridgehead atoms. The second-order valence-corrected chi connectivity index (χ2v) is 4.30. The van der Waals surface area contributed by atoms with E-state index in [-0.39, 0.29) is 6.04 Å². The zero-order valence-electron chi connectivity index (χ0n) is 11.8. The van der Waals surface area contributed by atoms with Crippen LogP contribution in [0, 0.1) is 0 Å². The van der Waals surface area contributed by atoms with Crippen LogP contribution in [0.4, 0.5) is 5.69 Å². The minimum absolute atomic E-state index is 0.0642. The Morgan fingerprint density at radius 3 is 2.67 bits per heavy atom. The number of hydrogen-bond donors (Lipinski definition) is 1. The lowest BCUT2D eigenvalue weighted by Gasteiger charge is -2.25. The molecular formula is C14H24N2O2. The highest BCUT2D eigenvalue weighted by molar-refractivity contribution is 5.60. The maximum atomic E-state index is 6.05. The van der Waals surface area contributed by atoms with Gasteiger partial charge >= 0.3 is 0 Å². The number of benzene rings is 1. The number of rotatable bonds is 7. The van der Waals surface area contributed by atoms with Crippen molar-refractivity contribution in [1.82, 2.24) is 0 Å². The van der Waals surface area contributed by atoms with Crippen molar-refractivity contribution in [2.24, 2.45) is 5.73 Å². The Labute approximate surface area is 110 Å². The molecule has 0 aromatic heterocycles. The number of methoxy groups -OCH3 is 1. The van der Waals surface area contributed by atoms with Crippen molar-refractivity contribution >= 4 is 5.69 Å². The Kier molecular flexibility index (Phi) is 5.95. The lowest BCUT2D eigenvalue weighted by Crippen LogP contribution is -2.25. The highest BCUT2D eigenvalue weighted by Crippen LogP contribution is 2.32. The van der Waals surface area contributed by atoms with Crippen LogP contribution in [0.25, 0.3) is 0 Å². The lowest BCUT2D eigenvalue weighted by molar-refractivity contribution is 0.154. The molecule has 1 aromatic rings. The predicted octanol–water partition coefficient (Wildman–Crippen LogP) is 2.19. The minimum atomic E-state index is -0.0642. The number of nitrogens with two attached hydrogens (primary N) is 1. The van der Waals surface area contributed by atoms with Gasteiger partial charge < -0.3 is 20.1 Å². The largest absolute Gasteiger partial charge is 0.496 e. The minimum Gasteiger partial charge on any atom is -0.496 e. The zero-order valence-corrected chi connectivity index (χ0v) is 11.8. The summed E-state index contributed by atoms with van der Waals surface area (Å²) in [5, 5.41) is 0. The quantitative estimate of drug-likeness (QED) is 0.756. The summed E-state index contributed by atoms with van der Waals surface area (Å²) in [6, 6.07) is 5.92. The van der Waals surface area contributed by atoms with Crippen LogP contribution in [-0.2, 0) is 4.74 Å². The first-order valence-corrected chi connectivity index (χ1v) is 6.33. The fraction of sp³-hybridized carbons (Fsp3) is 0.571. The topological polar surface area (TPSA) is 47.7 Å². The van der Waals surface area contributed by atoms with Gasteiger partial charge in [0.15, 0.2) is 0 Å². The van der Waals surface area contributed by atoms with Gasteiger partial charge in [0, 0.05) is 37.5 Å². The van der Waals surface area contributed by atoms with Crippen molar-refractivity contribution in [2.75, 3.05) is 38.8 Å². The molecule has 0 fully saturated rings. The molecule has 4 nitrogen and oxygen atoms in total. The molecule has 0 saturated heterocycles. The molecule has 0 aliphatic rings. The van der Waals surface area contributed by atoms with Gasteiger partial charge in [0.2, 0.25) is 0 Å². The second kappa shape index (κ2) is 7.24. The van der Waals surface area contributed by atoms with E-state index in [1.807, 2.05) is 33.0 Å². The molecule has 0 radical (unpaired) electrons. The smallest absolute Gasteiger partial charge is 0.125 e. The van der Waals surface area contributed by atoms with Crippen molar-refractivity contribution in [2.45, 2.75) is 19.9 Å². The van der Waals surface area contributed by atoms with Crippen molar-refractivity contribution in [3.8, 4) is 5.75 Å². The molecule has 18 heavy (non-hydrogen) atoms. The van der Waals surface area contributed by atoms with Crippen molar-refractivity contribution in [3.05, 3.63) is 23.8 Å². The fourth-order valence-corrected chi connectivity index (χ4v) is 1.97. The highest BCUT2D eigenvalue weighted by Gasteiger charge is 2.15. The maximum absolute atomic E-state index is 6.05. The summed E-state index contributed by atoms with van der Waals surface area (Å²) < 4.78 is 10.8. The van der Waals surface area contributed by atoms with E-state index in [9.17, 15) is 0 Å². The number of anilines is 1. The first-order valence-electron chi connectivity index (χ1n) is 6.33. The van der Waals surface area contributed by atoms with Gasteiger partial charge in [-0.25, -0.2) is 0 Å². The lowest BCUT2D eigenvalue weighted by atomic mass is 10.0. The van der Waals surface area contributed by atoms with Crippen LogP contribution in [0.15, 0.2) is 18.2 Å². The van der Waals surface area contributed by atoms with E-state index in [4.69, 9.17) is 15.2 Å². The summed E-state index contributed by atoms with van der Waals surface area (Å²) in [5.74, 6) is 0.839. The number of likely N-dealkylation sites (N-methyl/N-ethyl adjacent to an activating group) is 1. The molecule has 0 heterocycles. The van der Waals surface area contributed by atoms with E-state index in [0.29, 0.717) is 6.61 Å². The highest BCUT2D eigenvalue weighted by atomic mass is 16.5. The van der Waals surface area contributed by atoms with Crippen molar-refractivity contribution < 1.29 is 9.47 Å². The normalized spacial score (nSPS) is 12.3. The molecule has 0 amide bonds. The van der Waals surface area contributed by atoms with Crippen molar-refractivity contribution in [3.63, 3.8) is 0 Å². The van der Waals surface area contributed by atoms with Gasteiger partial charge in [-0.05, 0) is 26.0 Å². The van der Waals surface area contributed by atoms with Gasteiger partial charge in [-0.3, -0.25) is 0 Å². The van der Waals surface area contributed by atoms with E-state index < -0.39 is 0 Å². The average Bonchev–Trinajstić information content (AvgIpc) is 2.37. The molecule has 1 rings (SSSR count). The van der Waals surface area contributed by atoms with E-state index in [1.165, 1.54) is 0 Å². The summed E-state index contributed by atoms with van der Waals surface area (Å²) in [6.45, 7) is 6.26. The molecule has 0 aliphatic heterocycles. The Bertz CT molecular complexity index is 367. The molecule has 0 saturated carbocycles. The summed E-state index contributed by atoms with van der Waals surface area (Å²) in [5.41, 5.74) is 8.19. The standard InChI is InChI=1S/C14H24N2O2/c1-5-18-10-9-16(3)12-7-6-8-13(17-4)14(12)11(2)15/h6-8,11H,5,9-10,15H2,1-4H3/t11-/m1/s1. The summed E-state index contributed by atoms with van der Waals surface area (Å²) in [6.07, 6.45) is 0. The van der Waals surface area contributed by atoms with Gasteiger partial charge in [0.25, 0.3) is 0 Å². The fourth-order valence-electron chi connectivity index (χ4n) is 1.97. The summed E-state index contributed by atoms with van der Waals surface area (Å²) in [7, 11) is 3.71. The van der Waals surface area contributed by atoms with Gasteiger partial charge in [-0.2, -0.15) is 0 Å². The summed E-state index contributed by atoms with van der Waals surface area (Å²) in [4.78, 5) is 2.15. The molecule has 0 aliphatic carbocycles. The molecular weight excluding hydrogens is 228 g/mol. The van der Waals surface area contributed by atoms with Gasteiger partial charge in [0.05, 0.1) is 13.7 Å². The van der Waals surface area contributed by atoms with Gasteiger partial charge in [0.1, 0.15) is 5.75 Å². The van der Waals surface area contributed by atoms with E-state index >= 15 is 0 Å². The van der Waals surface area contributed by atoms with Crippen LogP contribution in [-0.4, -0.2) is 33.9 Å². The molecule has 2 N–H and O–H groups in total.